The van der Waals surface area contributed by atoms with Gasteiger partial charge >= 0.3 is 0 Å². The molecule has 0 aliphatic rings. The molecule has 2 aromatic carbocycles. The van der Waals surface area contributed by atoms with E-state index in [0.29, 0.717) is 17.3 Å². The summed E-state index contributed by atoms with van der Waals surface area (Å²) >= 11 is 7.53. The van der Waals surface area contributed by atoms with E-state index in [9.17, 15) is 0 Å². The van der Waals surface area contributed by atoms with Gasteiger partial charge in [0.25, 0.3) is 0 Å². The van der Waals surface area contributed by atoms with Gasteiger partial charge in [-0.05, 0) is 29.8 Å². The van der Waals surface area contributed by atoms with Gasteiger partial charge in [0.15, 0.2) is 11.0 Å². The van der Waals surface area contributed by atoms with Crippen LogP contribution in [0.15, 0.2) is 94.9 Å². The minimum atomic E-state index is 0.584. The Bertz CT molecular complexity index is 1300. The molecule has 0 radical (unpaired) electrons. The normalized spacial score (nSPS) is 11.0. The zero-order chi connectivity index (χ0) is 21.8. The van der Waals surface area contributed by atoms with Crippen molar-refractivity contribution in [3.05, 3.63) is 102 Å². The summed E-state index contributed by atoms with van der Waals surface area (Å²) in [7, 11) is 0. The van der Waals surface area contributed by atoms with Gasteiger partial charge in [-0.1, -0.05) is 71.0 Å². The number of aromatic nitrogens is 5. The smallest absolute Gasteiger partial charge is 0.192 e. The maximum atomic E-state index is 5.97. The predicted molar refractivity (Wildman–Crippen MR) is 125 cm³/mol. The number of hydrogen-bond donors (Lipinski definition) is 0. The highest BCUT2D eigenvalue weighted by Crippen LogP contribution is 2.29. The second-order valence-corrected chi connectivity index (χ2v) is 8.47. The summed E-state index contributed by atoms with van der Waals surface area (Å²) in [4.78, 5) is 4.23. The van der Waals surface area contributed by atoms with Crippen molar-refractivity contribution in [2.24, 2.45) is 0 Å². The highest BCUT2D eigenvalue weighted by Gasteiger charge is 2.16. The van der Waals surface area contributed by atoms with Gasteiger partial charge in [0.2, 0.25) is 0 Å². The molecule has 0 spiro atoms. The molecule has 158 valence electrons. The SMILES string of the molecule is Clc1ccc(-c2cc(CSc3nnc(-c4cccnc4)n3Cc3ccccc3)on2)cc1. The maximum absolute atomic E-state index is 5.97. The van der Waals surface area contributed by atoms with Crippen LogP contribution in [0.1, 0.15) is 11.3 Å². The van der Waals surface area contributed by atoms with Crippen LogP contribution >= 0.6 is 23.4 Å². The summed E-state index contributed by atoms with van der Waals surface area (Å²) in [6, 6.07) is 23.6. The van der Waals surface area contributed by atoms with Crippen molar-refractivity contribution in [2.45, 2.75) is 17.5 Å². The van der Waals surface area contributed by atoms with Gasteiger partial charge < -0.3 is 4.52 Å². The van der Waals surface area contributed by atoms with E-state index < -0.39 is 0 Å². The highest BCUT2D eigenvalue weighted by molar-refractivity contribution is 7.98. The van der Waals surface area contributed by atoms with Gasteiger partial charge in [0.05, 0.1) is 12.3 Å². The third-order valence-electron chi connectivity index (χ3n) is 4.86. The molecule has 0 saturated carbocycles. The first-order valence-electron chi connectivity index (χ1n) is 9.98. The van der Waals surface area contributed by atoms with E-state index in [4.69, 9.17) is 16.1 Å². The lowest BCUT2D eigenvalue weighted by atomic mass is 10.1. The van der Waals surface area contributed by atoms with Gasteiger partial charge in [-0.2, -0.15) is 0 Å². The van der Waals surface area contributed by atoms with Crippen LogP contribution in [0.3, 0.4) is 0 Å². The van der Waals surface area contributed by atoms with Crippen molar-refractivity contribution in [3.63, 3.8) is 0 Å². The molecule has 32 heavy (non-hydrogen) atoms. The molecule has 6 nitrogen and oxygen atoms in total. The second-order valence-electron chi connectivity index (χ2n) is 7.09. The van der Waals surface area contributed by atoms with Crippen LogP contribution in [0.5, 0.6) is 0 Å². The Labute approximate surface area is 194 Å². The third-order valence-corrected chi connectivity index (χ3v) is 6.10. The summed E-state index contributed by atoms with van der Waals surface area (Å²) < 4.78 is 7.65. The second kappa shape index (κ2) is 9.38. The third kappa shape index (κ3) is 4.59. The van der Waals surface area contributed by atoms with E-state index in [1.165, 1.54) is 5.56 Å². The Morgan fingerprint density at radius 2 is 1.75 bits per heavy atom. The van der Waals surface area contributed by atoms with Crippen LogP contribution in [0.25, 0.3) is 22.6 Å². The number of hydrogen-bond acceptors (Lipinski definition) is 6. The summed E-state index contributed by atoms with van der Waals surface area (Å²) in [6.45, 7) is 0.660. The Morgan fingerprint density at radius 3 is 2.53 bits per heavy atom. The summed E-state index contributed by atoms with van der Waals surface area (Å²) in [5.74, 6) is 2.13. The summed E-state index contributed by atoms with van der Waals surface area (Å²) in [5.41, 5.74) is 3.83. The molecule has 5 aromatic rings. The van der Waals surface area contributed by atoms with Gasteiger partial charge in [0, 0.05) is 34.6 Å². The van der Waals surface area contributed by atoms with E-state index in [0.717, 1.165) is 33.6 Å². The van der Waals surface area contributed by atoms with E-state index in [1.54, 1.807) is 24.2 Å². The first kappa shape index (κ1) is 20.5. The van der Waals surface area contributed by atoms with Crippen molar-refractivity contribution in [1.29, 1.82) is 0 Å². The minimum Gasteiger partial charge on any atom is -0.360 e. The Hall–Kier alpha value is -3.42. The number of benzene rings is 2. The summed E-state index contributed by atoms with van der Waals surface area (Å²) in [6.07, 6.45) is 3.55. The molecular weight excluding hydrogens is 442 g/mol. The topological polar surface area (TPSA) is 69.6 Å². The fourth-order valence-corrected chi connectivity index (χ4v) is 4.22. The fourth-order valence-electron chi connectivity index (χ4n) is 3.29. The fraction of sp³-hybridized carbons (Fsp3) is 0.0833. The van der Waals surface area contributed by atoms with E-state index >= 15 is 0 Å². The quantitative estimate of drug-likeness (QED) is 0.278. The number of nitrogens with zero attached hydrogens (tertiary/aromatic N) is 5. The molecule has 0 saturated heterocycles. The van der Waals surface area contributed by atoms with Crippen molar-refractivity contribution in [2.75, 3.05) is 0 Å². The molecule has 0 unspecified atom stereocenters. The lowest BCUT2D eigenvalue weighted by Gasteiger charge is -2.10. The molecule has 0 fully saturated rings. The molecular formula is C24H18ClN5OS. The van der Waals surface area contributed by atoms with Crippen molar-refractivity contribution in [3.8, 4) is 22.6 Å². The predicted octanol–water partition coefficient (Wildman–Crippen LogP) is 5.99. The number of halogens is 1. The molecule has 3 heterocycles. The first-order chi connectivity index (χ1) is 15.8. The molecule has 0 N–H and O–H groups in total. The monoisotopic (exact) mass is 459 g/mol. The Morgan fingerprint density at radius 1 is 0.906 bits per heavy atom. The molecule has 0 bridgehead atoms. The van der Waals surface area contributed by atoms with Gasteiger partial charge in [0.1, 0.15) is 11.5 Å². The zero-order valence-electron chi connectivity index (χ0n) is 16.9. The van der Waals surface area contributed by atoms with Crippen LogP contribution in [-0.4, -0.2) is 24.9 Å². The van der Waals surface area contributed by atoms with E-state index in [1.807, 2.05) is 60.7 Å². The Kier molecular flexibility index (Phi) is 6.00. The van der Waals surface area contributed by atoms with Crippen LogP contribution < -0.4 is 0 Å². The minimum absolute atomic E-state index is 0.584. The number of pyridine rings is 1. The lowest BCUT2D eigenvalue weighted by molar-refractivity contribution is 0.397. The van der Waals surface area contributed by atoms with Gasteiger partial charge in [-0.15, -0.1) is 10.2 Å². The molecule has 0 aliphatic heterocycles. The molecule has 0 atom stereocenters. The average molecular weight is 460 g/mol. The maximum Gasteiger partial charge on any atom is 0.192 e. The van der Waals surface area contributed by atoms with Crippen LogP contribution in [0.2, 0.25) is 5.02 Å². The van der Waals surface area contributed by atoms with Crippen LogP contribution in [-0.2, 0) is 12.3 Å². The Balaban J connectivity index is 1.39. The molecule has 8 heteroatoms. The van der Waals surface area contributed by atoms with Gasteiger partial charge in [-0.25, -0.2) is 0 Å². The van der Waals surface area contributed by atoms with Gasteiger partial charge in [-0.3, -0.25) is 9.55 Å². The molecule has 5 rings (SSSR count). The van der Waals surface area contributed by atoms with Crippen LogP contribution in [0.4, 0.5) is 0 Å². The average Bonchev–Trinajstić information content (AvgIpc) is 3.47. The van der Waals surface area contributed by atoms with Crippen molar-refractivity contribution in [1.82, 2.24) is 24.9 Å². The molecule has 0 aliphatic carbocycles. The van der Waals surface area contributed by atoms with Crippen LogP contribution in [0, 0.1) is 0 Å². The standard InChI is InChI=1S/C24H18ClN5OS/c25-20-10-8-18(9-11-20)22-13-21(31-29-22)16-32-24-28-27-23(19-7-4-12-26-14-19)30(24)15-17-5-2-1-3-6-17/h1-14H,15-16H2. The van der Waals surface area contributed by atoms with E-state index in [-0.39, 0.29) is 0 Å². The van der Waals surface area contributed by atoms with Crippen molar-refractivity contribution >= 4 is 23.4 Å². The number of rotatable bonds is 7. The number of thioether (sulfide) groups is 1. The molecule has 3 aromatic heterocycles. The zero-order valence-corrected chi connectivity index (χ0v) is 18.5. The lowest BCUT2D eigenvalue weighted by Crippen LogP contribution is -2.04. The largest absolute Gasteiger partial charge is 0.360 e. The van der Waals surface area contributed by atoms with Crippen molar-refractivity contribution < 1.29 is 4.52 Å². The highest BCUT2D eigenvalue weighted by atomic mass is 35.5. The van der Waals surface area contributed by atoms with E-state index in [2.05, 4.69) is 37.0 Å². The summed E-state index contributed by atoms with van der Waals surface area (Å²) in [5, 5.41) is 14.6. The first-order valence-corrected chi connectivity index (χ1v) is 11.3. The molecule has 0 amide bonds.